The number of guanidine groups is 1. The van der Waals surface area contributed by atoms with Crippen LogP contribution in [0, 0.1) is 0 Å². The van der Waals surface area contributed by atoms with E-state index in [-0.39, 0.29) is 44.5 Å². The number of alkyl halides is 1. The molecule has 3 aliphatic rings. The Morgan fingerprint density at radius 3 is 2.76 bits per heavy atom. The number of rotatable bonds is 1. The molecule has 1 radical (unpaired) electrons. The zero-order chi connectivity index (χ0) is 17.5. The van der Waals surface area contributed by atoms with Gasteiger partial charge >= 0.3 is 0 Å². The summed E-state index contributed by atoms with van der Waals surface area (Å²) in [6.45, 7) is 4.27. The molecule has 2 fully saturated rings. The third kappa shape index (κ3) is 4.00. The molecule has 1 aromatic rings. The standard InChI is InChI=1S/C13H17ClN5O3.CH4O.Ir/c1-13(2)21-6-3-8(20-4-7(6)22-13)19-5-16-9-10(14)17-12(15)18-11(9)19;1-2;/h5-8,10H,3-4H2,1-2H3,(H2-,15,17,18);2H,1H3;/q-1;;. The molecule has 3 aliphatic heterocycles. The van der Waals surface area contributed by atoms with E-state index in [0.29, 0.717) is 24.5 Å². The zero-order valence-corrected chi connectivity index (χ0v) is 17.2. The van der Waals surface area contributed by atoms with Gasteiger partial charge in [0.2, 0.25) is 0 Å². The minimum Gasteiger partial charge on any atom is -0.411 e. The van der Waals surface area contributed by atoms with Crippen molar-refractivity contribution in [2.45, 2.75) is 50.0 Å². The average molecular weight is 551 g/mol. The summed E-state index contributed by atoms with van der Waals surface area (Å²) in [4.78, 5) is 8.22. The number of imidazole rings is 1. The minimum absolute atomic E-state index is 0. The van der Waals surface area contributed by atoms with Crippen molar-refractivity contribution in [1.82, 2.24) is 9.55 Å². The van der Waals surface area contributed by atoms with Crippen LogP contribution in [0.25, 0.3) is 5.73 Å². The van der Waals surface area contributed by atoms with Gasteiger partial charge in [0.05, 0.1) is 30.5 Å². The fourth-order valence-corrected chi connectivity index (χ4v) is 3.39. The number of fused-ring (bicyclic) bond motifs is 2. The van der Waals surface area contributed by atoms with E-state index in [9.17, 15) is 0 Å². The van der Waals surface area contributed by atoms with Crippen molar-refractivity contribution in [3.05, 3.63) is 17.8 Å². The Labute approximate surface area is 164 Å². The Morgan fingerprint density at radius 1 is 1.36 bits per heavy atom. The number of hydrogen-bond donors (Lipinski definition) is 2. The van der Waals surface area contributed by atoms with Crippen LogP contribution in [-0.2, 0) is 34.3 Å². The zero-order valence-electron chi connectivity index (χ0n) is 14.0. The topological polar surface area (TPSA) is 114 Å². The summed E-state index contributed by atoms with van der Waals surface area (Å²) in [5.74, 6) is 0.0914. The van der Waals surface area contributed by atoms with E-state index in [2.05, 4.69) is 15.3 Å². The van der Waals surface area contributed by atoms with Crippen LogP contribution in [0.5, 0.6) is 0 Å². The molecular formula is C14H21ClIrN5O4-. The third-order valence-electron chi connectivity index (χ3n) is 4.01. The first-order valence-electron chi connectivity index (χ1n) is 7.62. The number of nitrogens with zero attached hydrogens (tertiary/aromatic N) is 3. The minimum atomic E-state index is -0.647. The van der Waals surface area contributed by atoms with Crippen LogP contribution in [0.3, 0.4) is 0 Å². The van der Waals surface area contributed by atoms with Gasteiger partial charge in [0.1, 0.15) is 17.8 Å². The molecule has 4 rings (SSSR count). The van der Waals surface area contributed by atoms with E-state index in [0.717, 1.165) is 7.11 Å². The molecule has 9 nitrogen and oxygen atoms in total. The van der Waals surface area contributed by atoms with Crippen molar-refractivity contribution >= 4 is 23.4 Å². The second-order valence-corrected chi connectivity index (χ2v) is 6.47. The van der Waals surface area contributed by atoms with Gasteiger partial charge in [-0.15, -0.1) is 11.6 Å². The van der Waals surface area contributed by atoms with E-state index in [1.807, 2.05) is 18.4 Å². The second kappa shape index (κ2) is 7.87. The van der Waals surface area contributed by atoms with Crippen LogP contribution < -0.4 is 5.32 Å². The van der Waals surface area contributed by atoms with E-state index >= 15 is 0 Å². The quantitative estimate of drug-likeness (QED) is 0.408. The van der Waals surface area contributed by atoms with Gasteiger partial charge in [-0.1, -0.05) is 0 Å². The SMILES string of the molecule is CC1(C)OC2COC(n3cnc4c3NC([NH-])=NC4Cl)CC2O1.CO.[Ir]. The van der Waals surface area contributed by atoms with Crippen LogP contribution in [-0.4, -0.2) is 52.3 Å². The summed E-state index contributed by atoms with van der Waals surface area (Å²) in [5, 5.41) is 9.89. The summed E-state index contributed by atoms with van der Waals surface area (Å²) >= 11 is 6.11. The molecule has 0 amide bonds. The number of aliphatic imine (C=N–C) groups is 1. The van der Waals surface area contributed by atoms with Crippen molar-refractivity contribution in [2.75, 3.05) is 19.0 Å². The smallest absolute Gasteiger partial charge is 0.163 e. The van der Waals surface area contributed by atoms with E-state index in [4.69, 9.17) is 36.7 Å². The van der Waals surface area contributed by atoms with E-state index < -0.39 is 11.3 Å². The van der Waals surface area contributed by atoms with Crippen molar-refractivity contribution in [3.8, 4) is 0 Å². The summed E-state index contributed by atoms with van der Waals surface area (Å²) in [7, 11) is 1.00. The van der Waals surface area contributed by atoms with E-state index in [1.165, 1.54) is 0 Å². The van der Waals surface area contributed by atoms with Crippen LogP contribution >= 0.6 is 11.6 Å². The number of hydrogen-bond acceptors (Lipinski definition) is 7. The van der Waals surface area contributed by atoms with Crippen molar-refractivity contribution in [2.24, 2.45) is 4.99 Å². The van der Waals surface area contributed by atoms with Gasteiger partial charge in [0, 0.05) is 39.6 Å². The predicted octanol–water partition coefficient (Wildman–Crippen LogP) is 2.00. The number of anilines is 1. The third-order valence-corrected chi connectivity index (χ3v) is 4.31. The molecule has 4 heterocycles. The molecular weight excluding hydrogens is 530 g/mol. The first-order valence-corrected chi connectivity index (χ1v) is 8.06. The molecule has 0 aromatic carbocycles. The average Bonchev–Trinajstić information content (AvgIpc) is 3.07. The Morgan fingerprint density at radius 2 is 2.04 bits per heavy atom. The number of aromatic nitrogens is 2. The molecule has 3 N–H and O–H groups in total. The van der Waals surface area contributed by atoms with Crippen LogP contribution in [0.4, 0.5) is 5.82 Å². The van der Waals surface area contributed by atoms with Gasteiger partial charge < -0.3 is 39.9 Å². The maximum Gasteiger partial charge on any atom is 0.163 e. The molecule has 2 saturated heterocycles. The summed E-state index contributed by atoms with van der Waals surface area (Å²) in [6, 6.07) is 0. The van der Waals surface area contributed by atoms with Crippen LogP contribution in [0.2, 0.25) is 0 Å². The maximum atomic E-state index is 7.68. The van der Waals surface area contributed by atoms with Gasteiger partial charge in [0.25, 0.3) is 0 Å². The largest absolute Gasteiger partial charge is 0.411 e. The predicted molar refractivity (Wildman–Crippen MR) is 87.8 cm³/mol. The first-order chi connectivity index (χ1) is 11.4. The fourth-order valence-electron chi connectivity index (χ4n) is 3.13. The molecule has 0 bridgehead atoms. The Bertz CT molecular complexity index is 641. The molecule has 4 unspecified atom stereocenters. The van der Waals surface area contributed by atoms with Crippen molar-refractivity contribution < 1.29 is 39.4 Å². The summed E-state index contributed by atoms with van der Waals surface area (Å²) in [5.41, 5.74) is 7.64. The number of nitrogens with one attached hydrogen (secondary N) is 2. The molecule has 0 aliphatic carbocycles. The first kappa shape index (κ1) is 20.6. The van der Waals surface area contributed by atoms with Crippen LogP contribution in [0.1, 0.15) is 37.7 Å². The summed E-state index contributed by atoms with van der Waals surface area (Å²) < 4.78 is 19.5. The van der Waals surface area contributed by atoms with Gasteiger partial charge in [0.15, 0.2) is 5.79 Å². The fraction of sp³-hybridized carbons (Fsp3) is 0.714. The van der Waals surface area contributed by atoms with Crippen LogP contribution in [0.15, 0.2) is 11.3 Å². The second-order valence-electron chi connectivity index (χ2n) is 6.06. The number of aliphatic hydroxyl groups excluding tert-OH is 1. The number of ether oxygens (including phenoxy) is 3. The molecule has 1 aromatic heterocycles. The molecule has 4 atom stereocenters. The monoisotopic (exact) mass is 551 g/mol. The Hall–Kier alpha value is -0.741. The maximum absolute atomic E-state index is 7.68. The number of aliphatic hydroxyl groups is 1. The molecule has 11 heteroatoms. The normalized spacial score (nSPS) is 32.1. The molecule has 0 spiro atoms. The Balaban J connectivity index is 0.000000726. The molecule has 25 heavy (non-hydrogen) atoms. The summed E-state index contributed by atoms with van der Waals surface area (Å²) in [6.07, 6.45) is 2.00. The van der Waals surface area contributed by atoms with Gasteiger partial charge in [-0.25, -0.2) is 4.98 Å². The van der Waals surface area contributed by atoms with E-state index in [1.54, 1.807) is 6.33 Å². The molecule has 0 saturated carbocycles. The van der Waals surface area contributed by atoms with Gasteiger partial charge in [-0.2, -0.15) is 0 Å². The number of halogens is 1. The van der Waals surface area contributed by atoms with Gasteiger partial charge in [-0.3, -0.25) is 0 Å². The molecule has 143 valence electrons. The van der Waals surface area contributed by atoms with Crippen molar-refractivity contribution in [3.63, 3.8) is 0 Å². The Kier molecular flexibility index (Phi) is 6.48. The van der Waals surface area contributed by atoms with Crippen molar-refractivity contribution in [1.29, 1.82) is 0 Å². The van der Waals surface area contributed by atoms with Gasteiger partial charge in [-0.05, 0) is 13.8 Å².